The molecule has 3 rings (SSSR count). The van der Waals surface area contributed by atoms with Crippen LogP contribution in [0.1, 0.15) is 28.8 Å². The van der Waals surface area contributed by atoms with Gasteiger partial charge in [-0.05, 0) is 36.6 Å². The topological polar surface area (TPSA) is 101 Å². The number of anilines is 1. The first-order valence-corrected chi connectivity index (χ1v) is 8.32. The molecule has 1 atom stereocenters. The van der Waals surface area contributed by atoms with Gasteiger partial charge in [-0.1, -0.05) is 12.1 Å². The minimum absolute atomic E-state index is 0.00473. The number of rotatable bonds is 5. The molecule has 1 aliphatic heterocycles. The fourth-order valence-corrected chi connectivity index (χ4v) is 3.00. The van der Waals surface area contributed by atoms with Gasteiger partial charge in [0.2, 0.25) is 17.8 Å². The maximum atomic E-state index is 12.5. The van der Waals surface area contributed by atoms with E-state index in [1.54, 1.807) is 36.7 Å². The molecule has 1 aliphatic rings. The number of piperidine rings is 1. The van der Waals surface area contributed by atoms with Gasteiger partial charge in [-0.3, -0.25) is 9.59 Å². The van der Waals surface area contributed by atoms with E-state index in [9.17, 15) is 9.59 Å². The summed E-state index contributed by atoms with van der Waals surface area (Å²) in [6.07, 6.45) is 5.18. The Labute approximate surface area is 146 Å². The maximum Gasteiger partial charge on any atom is 0.248 e. The summed E-state index contributed by atoms with van der Waals surface area (Å²) < 4.78 is 0. The van der Waals surface area contributed by atoms with Crippen LogP contribution in [-0.2, 0) is 11.3 Å². The SMILES string of the molecule is NC(=O)c1cccc(CNC(=O)[C@H]2CCCN(c3ncccn3)C2)c1. The van der Waals surface area contributed by atoms with Crippen LogP contribution >= 0.6 is 0 Å². The second-order valence-electron chi connectivity index (χ2n) is 6.12. The molecule has 0 radical (unpaired) electrons. The molecule has 0 aliphatic carbocycles. The van der Waals surface area contributed by atoms with Gasteiger partial charge < -0.3 is 16.0 Å². The fraction of sp³-hybridized carbons (Fsp3) is 0.333. The van der Waals surface area contributed by atoms with Gasteiger partial charge in [-0.25, -0.2) is 9.97 Å². The summed E-state index contributed by atoms with van der Waals surface area (Å²) in [6.45, 7) is 1.84. The zero-order valence-corrected chi connectivity index (χ0v) is 13.9. The third-order valence-electron chi connectivity index (χ3n) is 4.31. The van der Waals surface area contributed by atoms with Gasteiger partial charge >= 0.3 is 0 Å². The molecule has 0 saturated carbocycles. The van der Waals surface area contributed by atoms with Crippen molar-refractivity contribution in [2.75, 3.05) is 18.0 Å². The van der Waals surface area contributed by atoms with Crippen molar-refractivity contribution >= 4 is 17.8 Å². The number of nitrogens with zero attached hydrogens (tertiary/aromatic N) is 3. The number of carbonyl (C=O) groups is 2. The van der Waals surface area contributed by atoms with E-state index < -0.39 is 5.91 Å². The Morgan fingerprint density at radius 3 is 2.80 bits per heavy atom. The van der Waals surface area contributed by atoms with Crippen LogP contribution in [0.5, 0.6) is 0 Å². The number of nitrogens with one attached hydrogen (secondary N) is 1. The lowest BCUT2D eigenvalue weighted by Crippen LogP contribution is -2.43. The molecular weight excluding hydrogens is 318 g/mol. The second-order valence-corrected chi connectivity index (χ2v) is 6.12. The lowest BCUT2D eigenvalue weighted by atomic mass is 9.97. The molecule has 0 spiro atoms. The van der Waals surface area contributed by atoms with Crippen LogP contribution in [0, 0.1) is 5.92 Å². The monoisotopic (exact) mass is 339 g/mol. The number of carbonyl (C=O) groups excluding carboxylic acids is 2. The van der Waals surface area contributed by atoms with Gasteiger partial charge in [0.15, 0.2) is 0 Å². The first kappa shape index (κ1) is 16.9. The molecule has 1 saturated heterocycles. The van der Waals surface area contributed by atoms with Crippen LogP contribution in [0.2, 0.25) is 0 Å². The van der Waals surface area contributed by atoms with Crippen molar-refractivity contribution < 1.29 is 9.59 Å². The summed E-state index contributed by atoms with van der Waals surface area (Å²) >= 11 is 0. The number of benzene rings is 1. The average Bonchev–Trinajstić information content (AvgIpc) is 2.67. The highest BCUT2D eigenvalue weighted by molar-refractivity contribution is 5.92. The molecule has 25 heavy (non-hydrogen) atoms. The van der Waals surface area contributed by atoms with E-state index in [0.717, 1.165) is 24.9 Å². The molecular formula is C18H21N5O2. The minimum atomic E-state index is -0.473. The van der Waals surface area contributed by atoms with Gasteiger partial charge in [-0.2, -0.15) is 0 Å². The standard InChI is InChI=1S/C18H21N5O2/c19-16(24)14-5-1-4-13(10-14)11-22-17(25)15-6-2-9-23(12-15)18-20-7-3-8-21-18/h1,3-5,7-8,10,15H,2,6,9,11-12H2,(H2,19,24)(H,22,25)/t15-/m0/s1. The number of hydrogen-bond acceptors (Lipinski definition) is 5. The Hall–Kier alpha value is -2.96. The quantitative estimate of drug-likeness (QED) is 0.850. The van der Waals surface area contributed by atoms with E-state index in [-0.39, 0.29) is 11.8 Å². The Balaban J connectivity index is 1.58. The smallest absolute Gasteiger partial charge is 0.248 e. The number of aromatic nitrogens is 2. The van der Waals surface area contributed by atoms with Crippen molar-refractivity contribution in [1.29, 1.82) is 0 Å². The second kappa shape index (κ2) is 7.74. The molecule has 7 heteroatoms. The van der Waals surface area contributed by atoms with E-state index in [4.69, 9.17) is 5.73 Å². The first-order valence-electron chi connectivity index (χ1n) is 8.32. The average molecular weight is 339 g/mol. The Morgan fingerprint density at radius 1 is 1.24 bits per heavy atom. The lowest BCUT2D eigenvalue weighted by molar-refractivity contribution is -0.125. The van der Waals surface area contributed by atoms with Crippen LogP contribution < -0.4 is 16.0 Å². The van der Waals surface area contributed by atoms with Crippen LogP contribution in [0.25, 0.3) is 0 Å². The fourth-order valence-electron chi connectivity index (χ4n) is 3.00. The number of hydrogen-bond donors (Lipinski definition) is 2. The maximum absolute atomic E-state index is 12.5. The molecule has 3 N–H and O–H groups in total. The van der Waals surface area contributed by atoms with Crippen LogP contribution in [-0.4, -0.2) is 34.9 Å². The minimum Gasteiger partial charge on any atom is -0.366 e. The first-order chi connectivity index (χ1) is 12.1. The van der Waals surface area contributed by atoms with Gasteiger partial charge in [0.25, 0.3) is 0 Å². The Morgan fingerprint density at radius 2 is 2.04 bits per heavy atom. The van der Waals surface area contributed by atoms with E-state index in [1.807, 2.05) is 11.0 Å². The molecule has 2 amide bonds. The van der Waals surface area contributed by atoms with Crippen molar-refractivity contribution in [3.63, 3.8) is 0 Å². The predicted octanol–water partition coefficient (Wildman–Crippen LogP) is 1.11. The molecule has 130 valence electrons. The summed E-state index contributed by atoms with van der Waals surface area (Å²) in [4.78, 5) is 34.3. The van der Waals surface area contributed by atoms with E-state index in [1.165, 1.54) is 0 Å². The molecule has 1 fully saturated rings. The summed E-state index contributed by atoms with van der Waals surface area (Å²) in [5, 5.41) is 2.95. The normalized spacial score (nSPS) is 17.1. The van der Waals surface area contributed by atoms with E-state index in [0.29, 0.717) is 24.6 Å². The van der Waals surface area contributed by atoms with Crippen LogP contribution in [0.4, 0.5) is 5.95 Å². The summed E-state index contributed by atoms with van der Waals surface area (Å²) in [5.41, 5.74) is 6.57. The molecule has 1 aromatic carbocycles. The van der Waals surface area contributed by atoms with Gasteiger partial charge in [0.05, 0.1) is 5.92 Å². The zero-order valence-electron chi connectivity index (χ0n) is 13.9. The van der Waals surface area contributed by atoms with Crippen molar-refractivity contribution in [2.45, 2.75) is 19.4 Å². The highest BCUT2D eigenvalue weighted by Gasteiger charge is 2.26. The van der Waals surface area contributed by atoms with Crippen molar-refractivity contribution in [3.8, 4) is 0 Å². The molecule has 7 nitrogen and oxygen atoms in total. The highest BCUT2D eigenvalue weighted by Crippen LogP contribution is 2.20. The molecule has 2 aromatic rings. The number of nitrogens with two attached hydrogens (primary N) is 1. The third-order valence-corrected chi connectivity index (χ3v) is 4.31. The molecule has 1 aromatic heterocycles. The van der Waals surface area contributed by atoms with Crippen LogP contribution in [0.3, 0.4) is 0 Å². The zero-order chi connectivity index (χ0) is 17.6. The third kappa shape index (κ3) is 4.32. The van der Waals surface area contributed by atoms with Gasteiger partial charge in [0.1, 0.15) is 0 Å². The van der Waals surface area contributed by atoms with E-state index in [2.05, 4.69) is 15.3 Å². The molecule has 2 heterocycles. The van der Waals surface area contributed by atoms with Gasteiger partial charge in [0, 0.05) is 37.6 Å². The summed E-state index contributed by atoms with van der Waals surface area (Å²) in [7, 11) is 0. The predicted molar refractivity (Wildman–Crippen MR) is 93.8 cm³/mol. The number of primary amides is 1. The summed E-state index contributed by atoms with van der Waals surface area (Å²) in [5.74, 6) is 0.0927. The van der Waals surface area contributed by atoms with Crippen molar-refractivity contribution in [1.82, 2.24) is 15.3 Å². The highest BCUT2D eigenvalue weighted by atomic mass is 16.2. The van der Waals surface area contributed by atoms with E-state index >= 15 is 0 Å². The van der Waals surface area contributed by atoms with Crippen LogP contribution in [0.15, 0.2) is 42.7 Å². The Kier molecular flexibility index (Phi) is 5.23. The molecule has 0 unspecified atom stereocenters. The summed E-state index contributed by atoms with van der Waals surface area (Å²) in [6, 6.07) is 8.76. The van der Waals surface area contributed by atoms with Crippen molar-refractivity contribution in [2.24, 2.45) is 11.7 Å². The number of amides is 2. The molecule has 0 bridgehead atoms. The largest absolute Gasteiger partial charge is 0.366 e. The lowest BCUT2D eigenvalue weighted by Gasteiger charge is -2.31. The van der Waals surface area contributed by atoms with Gasteiger partial charge in [-0.15, -0.1) is 0 Å². The van der Waals surface area contributed by atoms with Crippen molar-refractivity contribution in [3.05, 3.63) is 53.9 Å². The Bertz CT molecular complexity index is 750.